The van der Waals surface area contributed by atoms with Crippen molar-refractivity contribution < 1.29 is 21.1 Å². The molecular weight excluding hydrogens is 737 g/mol. The summed E-state index contributed by atoms with van der Waals surface area (Å²) in [6.07, 6.45) is 0. The van der Waals surface area contributed by atoms with E-state index in [0.29, 0.717) is 0 Å². The van der Waals surface area contributed by atoms with E-state index >= 15 is 0 Å². The van der Waals surface area contributed by atoms with Crippen LogP contribution in [0.3, 0.4) is 0 Å². The Morgan fingerprint density at radius 1 is 0.233 bits per heavy atom. The van der Waals surface area contributed by atoms with Gasteiger partial charge in [0.25, 0.3) is 0 Å². The average Bonchev–Trinajstić information content (AvgIpc) is 4.01. The largest absolute Gasteiger partial charge is 0.0622 e. The van der Waals surface area contributed by atoms with Gasteiger partial charge in [-0.25, -0.2) is 0 Å². The van der Waals surface area contributed by atoms with Crippen LogP contribution in [0.1, 0.15) is 22.3 Å². The topological polar surface area (TPSA) is 0 Å². The minimum Gasteiger partial charge on any atom is -0.0622 e. The van der Waals surface area contributed by atoms with Crippen molar-refractivity contribution in [2.75, 3.05) is 0 Å². The summed E-state index contributed by atoms with van der Waals surface area (Å²) in [6, 6.07) is 64.9. The molecule has 6 aromatic rings. The molecule has 2 heterocycles. The molecule has 0 amide bonds. The van der Waals surface area contributed by atoms with Crippen LogP contribution in [0.15, 0.2) is 182 Å². The van der Waals surface area contributed by atoms with E-state index in [4.69, 9.17) is 0 Å². The van der Waals surface area contributed by atoms with Gasteiger partial charge in [0.2, 0.25) is 0 Å². The van der Waals surface area contributed by atoms with Crippen LogP contribution in [0.25, 0.3) is 21.3 Å². The summed E-state index contributed by atoms with van der Waals surface area (Å²) < 4.78 is 0. The fourth-order valence-electron chi connectivity index (χ4n) is 5.45. The second kappa shape index (κ2) is 13.8. The van der Waals surface area contributed by atoms with Gasteiger partial charge < -0.3 is 0 Å². The first kappa shape index (κ1) is 29.4. The minimum atomic E-state index is -0.292. The zero-order chi connectivity index (χ0) is 28.1. The van der Waals surface area contributed by atoms with Crippen LogP contribution in [0.2, 0.25) is 0 Å². The van der Waals surface area contributed by atoms with Crippen LogP contribution >= 0.6 is 15.8 Å². The van der Waals surface area contributed by atoms with E-state index in [9.17, 15) is 0 Å². The van der Waals surface area contributed by atoms with Crippen molar-refractivity contribution in [1.29, 1.82) is 0 Å². The summed E-state index contributed by atoms with van der Waals surface area (Å²) in [4.78, 5) is 0. The molecule has 3 heteroatoms. The van der Waals surface area contributed by atoms with Crippen molar-refractivity contribution in [1.82, 2.24) is 0 Å². The Morgan fingerprint density at radius 3 is 0.628 bits per heavy atom. The first-order chi connectivity index (χ1) is 20.9. The van der Waals surface area contributed by atoms with Crippen LogP contribution in [0.5, 0.6) is 0 Å². The maximum atomic E-state index is 2.25. The predicted molar refractivity (Wildman–Crippen MR) is 185 cm³/mol. The van der Waals surface area contributed by atoms with Gasteiger partial charge in [0.05, 0.1) is 0 Å². The predicted octanol–water partition coefficient (Wildman–Crippen LogP) is 10.7. The van der Waals surface area contributed by atoms with Gasteiger partial charge >= 0.3 is 0 Å². The van der Waals surface area contributed by atoms with Crippen molar-refractivity contribution in [2.24, 2.45) is 0 Å². The Labute approximate surface area is 271 Å². The van der Waals surface area contributed by atoms with E-state index in [0.717, 1.165) is 0 Å². The maximum absolute atomic E-state index is 2.25. The van der Waals surface area contributed by atoms with E-state index < -0.39 is 0 Å². The van der Waals surface area contributed by atoms with E-state index in [1.165, 1.54) is 54.1 Å². The Balaban J connectivity index is 0.000000150. The van der Waals surface area contributed by atoms with E-state index in [1.807, 2.05) is 0 Å². The van der Waals surface area contributed by atoms with Gasteiger partial charge in [0.15, 0.2) is 0 Å². The maximum Gasteiger partial charge on any atom is 0.00115 e. The van der Waals surface area contributed by atoms with E-state index in [1.54, 1.807) is 0 Å². The van der Waals surface area contributed by atoms with Crippen LogP contribution in [-0.2, 0) is 21.1 Å². The fraction of sp³-hybridized carbons (Fsp3) is 0. The monoisotopic (exact) mass is 767 g/mol. The van der Waals surface area contributed by atoms with Crippen molar-refractivity contribution in [3.05, 3.63) is 204 Å². The molecule has 0 N–H and O–H groups in total. The molecular formula is C40H30P2Pt. The zero-order valence-electron chi connectivity index (χ0n) is 23.5. The molecule has 0 radical (unpaired) electrons. The van der Waals surface area contributed by atoms with Crippen LogP contribution in [0, 0.1) is 0 Å². The molecule has 0 saturated carbocycles. The second-order valence-corrected chi connectivity index (χ2v) is 14.4. The summed E-state index contributed by atoms with van der Waals surface area (Å²) in [6.45, 7) is 0. The van der Waals surface area contributed by atoms with Crippen LogP contribution in [-0.4, -0.2) is 0 Å². The Kier molecular flexibility index (Phi) is 9.42. The summed E-state index contributed by atoms with van der Waals surface area (Å²) in [5.74, 6) is 0. The van der Waals surface area contributed by atoms with Crippen molar-refractivity contribution >= 4 is 47.7 Å². The molecule has 2 aliphatic rings. The second-order valence-electron chi connectivity index (χ2n) is 10.2. The molecule has 2 aliphatic heterocycles. The molecule has 0 atom stereocenters. The molecule has 0 bridgehead atoms. The molecule has 210 valence electrons. The molecule has 6 aromatic carbocycles. The number of hydrogen-bond acceptors (Lipinski definition) is 0. The average molecular weight is 768 g/mol. The third-order valence-electron chi connectivity index (χ3n) is 7.46. The van der Waals surface area contributed by atoms with E-state index in [2.05, 4.69) is 182 Å². The van der Waals surface area contributed by atoms with Gasteiger partial charge in [-0.2, -0.15) is 0 Å². The SMILES string of the molecule is [Pt].c1ccc(C2=C(c3ccccc3)P2c2ccccc2)cc1.c1ccc(C2=C(c3ccccc3)P2c2ccccc2)cc1. The van der Waals surface area contributed by atoms with Gasteiger partial charge in [-0.15, -0.1) is 0 Å². The molecule has 0 aliphatic carbocycles. The normalized spacial score (nSPS) is 14.0. The summed E-state index contributed by atoms with van der Waals surface area (Å²) >= 11 is 0. The Bertz CT molecular complexity index is 1600. The molecule has 43 heavy (non-hydrogen) atoms. The standard InChI is InChI=1S/2C20H15P.Pt/c2*1-4-10-16(11-5-1)19-20(17-12-6-2-7-13-17)21(19)18-14-8-3-9-15-18;/h2*1-15H;. The fourth-order valence-corrected chi connectivity index (χ4v) is 10.5. The van der Waals surface area contributed by atoms with Gasteiger partial charge in [-0.05, 0) is 48.7 Å². The summed E-state index contributed by atoms with van der Waals surface area (Å²) in [5.41, 5.74) is 5.47. The molecule has 8 rings (SSSR count). The van der Waals surface area contributed by atoms with Crippen molar-refractivity contribution in [3.63, 3.8) is 0 Å². The van der Waals surface area contributed by atoms with Gasteiger partial charge in [0, 0.05) is 42.3 Å². The first-order valence-electron chi connectivity index (χ1n) is 14.3. The molecule has 0 fully saturated rings. The van der Waals surface area contributed by atoms with Crippen LogP contribution in [0.4, 0.5) is 0 Å². The summed E-state index contributed by atoms with van der Waals surface area (Å²) in [7, 11) is -0.583. The molecule has 0 saturated heterocycles. The van der Waals surface area contributed by atoms with Crippen LogP contribution < -0.4 is 10.6 Å². The smallest absolute Gasteiger partial charge is 0.00115 e. The van der Waals surface area contributed by atoms with Crippen molar-refractivity contribution in [3.8, 4) is 0 Å². The number of rotatable bonds is 6. The minimum absolute atomic E-state index is 0. The van der Waals surface area contributed by atoms with Gasteiger partial charge in [0.1, 0.15) is 0 Å². The molecule has 0 unspecified atom stereocenters. The third-order valence-corrected chi connectivity index (χ3v) is 12.4. The van der Waals surface area contributed by atoms with Gasteiger partial charge in [-0.3, -0.25) is 0 Å². The molecule has 0 aromatic heterocycles. The first-order valence-corrected chi connectivity index (χ1v) is 17.0. The molecule has 0 spiro atoms. The Morgan fingerprint density at radius 2 is 0.419 bits per heavy atom. The third kappa shape index (κ3) is 6.49. The molecule has 0 nitrogen and oxygen atoms in total. The van der Waals surface area contributed by atoms with Gasteiger partial charge in [-0.1, -0.05) is 182 Å². The quantitative estimate of drug-likeness (QED) is 0.148. The van der Waals surface area contributed by atoms with E-state index in [-0.39, 0.29) is 36.9 Å². The zero-order valence-corrected chi connectivity index (χ0v) is 27.6. The van der Waals surface area contributed by atoms with Crippen molar-refractivity contribution in [2.45, 2.75) is 0 Å². The Hall–Kier alpha value is -3.65. The number of hydrogen-bond donors (Lipinski definition) is 0. The number of benzene rings is 6. The summed E-state index contributed by atoms with van der Waals surface area (Å²) in [5, 5.41) is 9.02.